The van der Waals surface area contributed by atoms with Crippen LogP contribution >= 0.6 is 0 Å². The highest BCUT2D eigenvalue weighted by Gasteiger charge is 2.17. The van der Waals surface area contributed by atoms with Gasteiger partial charge in [0.25, 0.3) is 0 Å². The predicted molar refractivity (Wildman–Crippen MR) is 82.8 cm³/mol. The normalized spacial score (nSPS) is 17.2. The van der Waals surface area contributed by atoms with E-state index in [1.165, 1.54) is 19.3 Å². The first-order valence-electron chi connectivity index (χ1n) is 7.85. The second-order valence-corrected chi connectivity index (χ2v) is 5.53. The Labute approximate surface area is 127 Å². The first-order valence-corrected chi connectivity index (χ1v) is 7.85. The number of nitrogens with zero attached hydrogens (tertiary/aromatic N) is 1. The van der Waals surface area contributed by atoms with Gasteiger partial charge in [-0.05, 0) is 64.0 Å². The summed E-state index contributed by atoms with van der Waals surface area (Å²) in [4.78, 5) is 14.5. The number of esters is 1. The van der Waals surface area contributed by atoms with Crippen molar-refractivity contribution in [2.75, 3.05) is 26.2 Å². The highest BCUT2D eigenvalue weighted by Crippen LogP contribution is 2.14. The topological polar surface area (TPSA) is 38.8 Å². The molecule has 4 nitrogen and oxygen atoms in total. The number of ether oxygens (including phenoxy) is 2. The maximum atomic E-state index is 12.1. The molecule has 116 valence electrons. The van der Waals surface area contributed by atoms with Crippen molar-refractivity contribution in [2.24, 2.45) is 0 Å². The molecule has 1 aromatic rings. The number of hydrogen-bond acceptors (Lipinski definition) is 4. The van der Waals surface area contributed by atoms with Crippen molar-refractivity contribution in [1.82, 2.24) is 4.90 Å². The Morgan fingerprint density at radius 1 is 1.19 bits per heavy atom. The molecule has 0 bridgehead atoms. The average molecular weight is 291 g/mol. The van der Waals surface area contributed by atoms with Gasteiger partial charge in [0, 0.05) is 6.54 Å². The standard InChI is InChI=1S/C17H25NO3/c1-3-20-16-9-7-15(8-10-16)17(19)21-14(2)13-18-11-5-4-6-12-18/h7-10,14H,3-6,11-13H2,1-2H3/t14-/m0/s1. The van der Waals surface area contributed by atoms with Crippen LogP contribution in [0.15, 0.2) is 24.3 Å². The molecule has 0 aliphatic carbocycles. The summed E-state index contributed by atoms with van der Waals surface area (Å²) in [5, 5.41) is 0. The molecule has 0 saturated carbocycles. The van der Waals surface area contributed by atoms with Crippen LogP contribution in [0.3, 0.4) is 0 Å². The van der Waals surface area contributed by atoms with Crippen LogP contribution in [0.5, 0.6) is 5.75 Å². The molecule has 1 aliphatic heterocycles. The van der Waals surface area contributed by atoms with Gasteiger partial charge < -0.3 is 9.47 Å². The molecular formula is C17H25NO3. The van der Waals surface area contributed by atoms with E-state index in [0.717, 1.165) is 25.4 Å². The third-order valence-electron chi connectivity index (χ3n) is 3.67. The summed E-state index contributed by atoms with van der Waals surface area (Å²) >= 11 is 0. The number of piperidine rings is 1. The quantitative estimate of drug-likeness (QED) is 0.755. The molecule has 1 aromatic carbocycles. The Balaban J connectivity index is 1.82. The number of likely N-dealkylation sites (tertiary alicyclic amines) is 1. The third-order valence-corrected chi connectivity index (χ3v) is 3.67. The molecule has 0 spiro atoms. The highest BCUT2D eigenvalue weighted by atomic mass is 16.5. The first kappa shape index (κ1) is 15.8. The number of hydrogen-bond donors (Lipinski definition) is 0. The van der Waals surface area contributed by atoms with E-state index in [-0.39, 0.29) is 12.1 Å². The van der Waals surface area contributed by atoms with E-state index < -0.39 is 0 Å². The van der Waals surface area contributed by atoms with Crippen molar-refractivity contribution in [1.29, 1.82) is 0 Å². The van der Waals surface area contributed by atoms with Gasteiger partial charge in [0.05, 0.1) is 12.2 Å². The number of carbonyl (C=O) groups is 1. The van der Waals surface area contributed by atoms with Crippen molar-refractivity contribution in [2.45, 2.75) is 39.2 Å². The molecule has 2 rings (SSSR count). The van der Waals surface area contributed by atoms with E-state index >= 15 is 0 Å². The molecule has 1 saturated heterocycles. The monoisotopic (exact) mass is 291 g/mol. The Morgan fingerprint density at radius 2 is 1.86 bits per heavy atom. The third kappa shape index (κ3) is 5.05. The van der Waals surface area contributed by atoms with E-state index in [1.54, 1.807) is 24.3 Å². The molecule has 1 heterocycles. The molecule has 0 unspecified atom stereocenters. The number of benzene rings is 1. The van der Waals surface area contributed by atoms with Gasteiger partial charge in [-0.2, -0.15) is 0 Å². The van der Waals surface area contributed by atoms with E-state index in [1.807, 2.05) is 13.8 Å². The molecule has 0 N–H and O–H groups in total. The molecule has 1 atom stereocenters. The van der Waals surface area contributed by atoms with Gasteiger partial charge in [0.1, 0.15) is 11.9 Å². The average Bonchev–Trinajstić information content (AvgIpc) is 2.49. The molecule has 0 amide bonds. The molecular weight excluding hydrogens is 266 g/mol. The lowest BCUT2D eigenvalue weighted by atomic mass is 10.1. The highest BCUT2D eigenvalue weighted by molar-refractivity contribution is 5.89. The Morgan fingerprint density at radius 3 is 2.48 bits per heavy atom. The van der Waals surface area contributed by atoms with Crippen LogP contribution in [-0.4, -0.2) is 43.2 Å². The lowest BCUT2D eigenvalue weighted by Crippen LogP contribution is -2.37. The maximum absolute atomic E-state index is 12.1. The zero-order valence-corrected chi connectivity index (χ0v) is 13.0. The number of carbonyl (C=O) groups excluding carboxylic acids is 1. The van der Waals surface area contributed by atoms with Gasteiger partial charge in [0.2, 0.25) is 0 Å². The van der Waals surface area contributed by atoms with Gasteiger partial charge in [0.15, 0.2) is 0 Å². The molecule has 0 aromatic heterocycles. The summed E-state index contributed by atoms with van der Waals surface area (Å²) in [6.45, 7) is 7.57. The lowest BCUT2D eigenvalue weighted by molar-refractivity contribution is 0.0236. The van der Waals surface area contributed by atoms with Gasteiger partial charge in [-0.1, -0.05) is 6.42 Å². The predicted octanol–water partition coefficient (Wildman–Crippen LogP) is 3.12. The summed E-state index contributed by atoms with van der Waals surface area (Å²) in [5.41, 5.74) is 0.573. The minimum Gasteiger partial charge on any atom is -0.494 e. The van der Waals surface area contributed by atoms with E-state index in [9.17, 15) is 4.79 Å². The summed E-state index contributed by atoms with van der Waals surface area (Å²) in [6.07, 6.45) is 3.73. The number of rotatable bonds is 6. The fourth-order valence-electron chi connectivity index (χ4n) is 2.65. The van der Waals surface area contributed by atoms with Crippen LogP contribution < -0.4 is 4.74 Å². The van der Waals surface area contributed by atoms with Crippen LogP contribution in [0.25, 0.3) is 0 Å². The van der Waals surface area contributed by atoms with Crippen LogP contribution in [0.4, 0.5) is 0 Å². The van der Waals surface area contributed by atoms with Crippen molar-refractivity contribution in [3.8, 4) is 5.75 Å². The minimum atomic E-state index is -0.262. The van der Waals surface area contributed by atoms with Gasteiger partial charge in [-0.15, -0.1) is 0 Å². The van der Waals surface area contributed by atoms with Gasteiger partial charge in [-0.3, -0.25) is 4.90 Å². The lowest BCUT2D eigenvalue weighted by Gasteiger charge is -2.28. The van der Waals surface area contributed by atoms with Crippen LogP contribution in [0.2, 0.25) is 0 Å². The van der Waals surface area contributed by atoms with Crippen molar-refractivity contribution in [3.05, 3.63) is 29.8 Å². The summed E-state index contributed by atoms with van der Waals surface area (Å²) < 4.78 is 10.9. The molecule has 1 fully saturated rings. The van der Waals surface area contributed by atoms with Gasteiger partial charge in [-0.25, -0.2) is 4.79 Å². The molecule has 21 heavy (non-hydrogen) atoms. The fourth-order valence-corrected chi connectivity index (χ4v) is 2.65. The zero-order valence-electron chi connectivity index (χ0n) is 13.0. The Hall–Kier alpha value is -1.55. The molecule has 1 aliphatic rings. The second-order valence-electron chi connectivity index (χ2n) is 5.53. The van der Waals surface area contributed by atoms with Crippen molar-refractivity contribution < 1.29 is 14.3 Å². The van der Waals surface area contributed by atoms with Crippen molar-refractivity contribution >= 4 is 5.97 Å². The Kier molecular flexibility index (Phi) is 6.05. The zero-order chi connectivity index (χ0) is 15.1. The van der Waals surface area contributed by atoms with E-state index in [4.69, 9.17) is 9.47 Å². The first-order chi connectivity index (χ1) is 10.2. The van der Waals surface area contributed by atoms with Crippen LogP contribution in [-0.2, 0) is 4.74 Å². The SMILES string of the molecule is CCOc1ccc(C(=O)O[C@@H](C)CN2CCCCC2)cc1. The van der Waals surface area contributed by atoms with E-state index in [2.05, 4.69) is 4.90 Å². The Bertz CT molecular complexity index is 438. The van der Waals surface area contributed by atoms with Crippen molar-refractivity contribution in [3.63, 3.8) is 0 Å². The van der Waals surface area contributed by atoms with E-state index in [0.29, 0.717) is 12.2 Å². The maximum Gasteiger partial charge on any atom is 0.338 e. The largest absolute Gasteiger partial charge is 0.494 e. The summed E-state index contributed by atoms with van der Waals surface area (Å²) in [6, 6.07) is 7.10. The minimum absolute atomic E-state index is 0.0813. The van der Waals surface area contributed by atoms with Crippen LogP contribution in [0, 0.1) is 0 Å². The summed E-state index contributed by atoms with van der Waals surface area (Å²) in [7, 11) is 0. The summed E-state index contributed by atoms with van der Waals surface area (Å²) in [5.74, 6) is 0.512. The van der Waals surface area contributed by atoms with Crippen LogP contribution in [0.1, 0.15) is 43.5 Å². The smallest absolute Gasteiger partial charge is 0.338 e. The van der Waals surface area contributed by atoms with Gasteiger partial charge >= 0.3 is 5.97 Å². The second kappa shape index (κ2) is 8.03. The molecule has 4 heteroatoms. The fraction of sp³-hybridized carbons (Fsp3) is 0.588. The molecule has 0 radical (unpaired) electrons.